The number of nitrogens with zero attached hydrogens (tertiary/aromatic N) is 1. The maximum Gasteiger partial charge on any atom is 0.255 e. The summed E-state index contributed by atoms with van der Waals surface area (Å²) in [5.74, 6) is -0.857. The molecule has 2 saturated heterocycles. The van der Waals surface area contributed by atoms with Crippen LogP contribution in [0, 0.1) is 5.41 Å². The lowest BCUT2D eigenvalue weighted by atomic mass is 9.83. The molecule has 2 aliphatic rings. The van der Waals surface area contributed by atoms with Crippen LogP contribution < -0.4 is 10.6 Å². The van der Waals surface area contributed by atoms with Gasteiger partial charge < -0.3 is 24.7 Å². The third kappa shape index (κ3) is 5.70. The van der Waals surface area contributed by atoms with Crippen molar-refractivity contribution >= 4 is 17.6 Å². The Morgan fingerprint density at radius 2 is 2.03 bits per heavy atom. The van der Waals surface area contributed by atoms with Gasteiger partial charge in [0, 0.05) is 6.54 Å². The van der Waals surface area contributed by atoms with Gasteiger partial charge in [0.2, 0.25) is 5.91 Å². The average molecular weight is 420 g/mol. The SMILES string of the molecule is CCC(C)(C)CC(NC(=O)c1ccoc1)C(=O)NC1C(=O)COC1CN1CCCC1. The first-order valence-corrected chi connectivity index (χ1v) is 10.8. The molecular weight excluding hydrogens is 386 g/mol. The molecule has 1 aromatic rings. The minimum absolute atomic E-state index is 0.00987. The second-order valence-corrected chi connectivity index (χ2v) is 9.07. The van der Waals surface area contributed by atoms with Crippen LogP contribution in [0.25, 0.3) is 0 Å². The van der Waals surface area contributed by atoms with Crippen LogP contribution in [0.4, 0.5) is 0 Å². The van der Waals surface area contributed by atoms with Crippen LogP contribution in [0.15, 0.2) is 23.0 Å². The quantitative estimate of drug-likeness (QED) is 0.633. The maximum absolute atomic E-state index is 13.2. The number of likely N-dealkylation sites (tertiary alicyclic amines) is 1. The number of Topliss-reactive ketones (excluding diaryl/α,β-unsaturated/α-hetero) is 1. The van der Waals surface area contributed by atoms with Gasteiger partial charge in [-0.15, -0.1) is 0 Å². The van der Waals surface area contributed by atoms with Gasteiger partial charge in [0.05, 0.1) is 17.9 Å². The summed E-state index contributed by atoms with van der Waals surface area (Å²) in [5.41, 5.74) is 0.200. The van der Waals surface area contributed by atoms with Crippen molar-refractivity contribution in [3.05, 3.63) is 24.2 Å². The highest BCUT2D eigenvalue weighted by molar-refractivity contribution is 5.98. The number of ether oxygens (including phenoxy) is 1. The highest BCUT2D eigenvalue weighted by Crippen LogP contribution is 2.27. The van der Waals surface area contributed by atoms with Gasteiger partial charge in [-0.3, -0.25) is 14.4 Å². The van der Waals surface area contributed by atoms with Crippen molar-refractivity contribution < 1.29 is 23.5 Å². The third-order valence-electron chi connectivity index (χ3n) is 6.21. The lowest BCUT2D eigenvalue weighted by Crippen LogP contribution is -2.55. The Hall–Kier alpha value is -2.19. The second kappa shape index (κ2) is 9.75. The zero-order valence-corrected chi connectivity index (χ0v) is 18.1. The van der Waals surface area contributed by atoms with Crippen molar-refractivity contribution in [3.63, 3.8) is 0 Å². The fourth-order valence-corrected chi connectivity index (χ4v) is 3.93. The van der Waals surface area contributed by atoms with Gasteiger partial charge in [0.1, 0.15) is 25.0 Å². The van der Waals surface area contributed by atoms with Crippen molar-refractivity contribution in [2.75, 3.05) is 26.2 Å². The van der Waals surface area contributed by atoms with E-state index in [9.17, 15) is 14.4 Å². The molecule has 8 nitrogen and oxygen atoms in total. The Balaban J connectivity index is 1.68. The number of rotatable bonds is 9. The first-order chi connectivity index (χ1) is 14.3. The van der Waals surface area contributed by atoms with Gasteiger partial charge in [0.25, 0.3) is 5.91 Å². The van der Waals surface area contributed by atoms with Crippen LogP contribution in [-0.4, -0.2) is 66.9 Å². The van der Waals surface area contributed by atoms with Crippen molar-refractivity contribution in [3.8, 4) is 0 Å². The predicted octanol–water partition coefficient (Wildman–Crippen LogP) is 1.75. The van der Waals surface area contributed by atoms with E-state index < -0.39 is 12.1 Å². The van der Waals surface area contributed by atoms with Crippen LogP contribution in [-0.2, 0) is 14.3 Å². The molecule has 2 fully saturated rings. The number of furan rings is 1. The normalized spacial score (nSPS) is 23.5. The molecule has 8 heteroatoms. The molecule has 2 amide bonds. The van der Waals surface area contributed by atoms with Gasteiger partial charge in [-0.2, -0.15) is 0 Å². The summed E-state index contributed by atoms with van der Waals surface area (Å²) in [5, 5.41) is 5.68. The standard InChI is InChI=1S/C22H33N3O5/c1-4-22(2,3)11-16(23-20(27)15-7-10-29-13-15)21(28)24-19-17(26)14-30-18(19)12-25-8-5-6-9-25/h7,10,13,16,18-19H,4-6,8-9,11-12,14H2,1-3H3,(H,23,27)(H,24,28). The molecule has 3 heterocycles. The number of carbonyl (C=O) groups excluding carboxylic acids is 3. The van der Waals surface area contributed by atoms with Gasteiger partial charge in [-0.05, 0) is 43.8 Å². The molecule has 2 N–H and O–H groups in total. The summed E-state index contributed by atoms with van der Waals surface area (Å²) in [4.78, 5) is 40.4. The molecule has 0 bridgehead atoms. The maximum atomic E-state index is 13.2. The van der Waals surface area contributed by atoms with Crippen molar-refractivity contribution in [1.82, 2.24) is 15.5 Å². The predicted molar refractivity (Wildman–Crippen MR) is 111 cm³/mol. The minimum atomic E-state index is -0.761. The van der Waals surface area contributed by atoms with E-state index in [4.69, 9.17) is 9.15 Å². The summed E-state index contributed by atoms with van der Waals surface area (Å²) < 4.78 is 10.6. The zero-order valence-electron chi connectivity index (χ0n) is 18.1. The number of ketones is 1. The lowest BCUT2D eigenvalue weighted by molar-refractivity contribution is -0.128. The van der Waals surface area contributed by atoms with Gasteiger partial charge in [0.15, 0.2) is 5.78 Å². The van der Waals surface area contributed by atoms with E-state index >= 15 is 0 Å². The molecule has 0 radical (unpaired) electrons. The summed E-state index contributed by atoms with van der Waals surface area (Å²) in [6.45, 7) is 8.77. The van der Waals surface area contributed by atoms with E-state index in [1.165, 1.54) is 12.5 Å². The molecule has 30 heavy (non-hydrogen) atoms. The van der Waals surface area contributed by atoms with E-state index in [-0.39, 0.29) is 35.7 Å². The highest BCUT2D eigenvalue weighted by Gasteiger charge is 2.40. The molecule has 0 aliphatic carbocycles. The van der Waals surface area contributed by atoms with E-state index in [2.05, 4.69) is 29.4 Å². The molecule has 166 valence electrons. The van der Waals surface area contributed by atoms with Crippen LogP contribution in [0.5, 0.6) is 0 Å². The summed E-state index contributed by atoms with van der Waals surface area (Å²) >= 11 is 0. The molecule has 0 saturated carbocycles. The fraction of sp³-hybridized carbons (Fsp3) is 0.682. The Morgan fingerprint density at radius 1 is 1.30 bits per heavy atom. The average Bonchev–Trinajstić information content (AvgIpc) is 3.47. The van der Waals surface area contributed by atoms with Crippen LogP contribution in [0.1, 0.15) is 56.8 Å². The molecule has 3 unspecified atom stereocenters. The zero-order chi connectivity index (χ0) is 21.7. The number of hydrogen-bond acceptors (Lipinski definition) is 6. The van der Waals surface area contributed by atoms with E-state index in [1.807, 2.05) is 6.92 Å². The number of carbonyl (C=O) groups is 3. The third-order valence-corrected chi connectivity index (χ3v) is 6.21. The first-order valence-electron chi connectivity index (χ1n) is 10.8. The monoisotopic (exact) mass is 419 g/mol. The van der Waals surface area contributed by atoms with Crippen molar-refractivity contribution in [2.24, 2.45) is 5.41 Å². The molecule has 3 rings (SSSR count). The molecular formula is C22H33N3O5. The number of amides is 2. The molecule has 0 spiro atoms. The Labute approximate surface area is 177 Å². The summed E-state index contributed by atoms with van der Waals surface area (Å²) in [6.07, 6.45) is 5.99. The van der Waals surface area contributed by atoms with E-state index in [1.54, 1.807) is 6.07 Å². The van der Waals surface area contributed by atoms with Crippen molar-refractivity contribution in [1.29, 1.82) is 0 Å². The smallest absolute Gasteiger partial charge is 0.255 e. The van der Waals surface area contributed by atoms with Gasteiger partial charge in [-0.25, -0.2) is 0 Å². The van der Waals surface area contributed by atoms with Crippen molar-refractivity contribution in [2.45, 2.75) is 64.6 Å². The topological polar surface area (TPSA) is 101 Å². The first kappa shape index (κ1) is 22.5. The Bertz CT molecular complexity index is 740. The van der Waals surface area contributed by atoms with E-state index in [0.29, 0.717) is 18.5 Å². The Kier molecular flexibility index (Phi) is 7.31. The van der Waals surface area contributed by atoms with E-state index in [0.717, 1.165) is 32.4 Å². The number of nitrogens with one attached hydrogen (secondary N) is 2. The van der Waals surface area contributed by atoms with Gasteiger partial charge >= 0.3 is 0 Å². The largest absolute Gasteiger partial charge is 0.472 e. The van der Waals surface area contributed by atoms with Gasteiger partial charge in [-0.1, -0.05) is 27.2 Å². The highest BCUT2D eigenvalue weighted by atomic mass is 16.5. The molecule has 2 aliphatic heterocycles. The van der Waals surface area contributed by atoms with Crippen LogP contribution in [0.2, 0.25) is 0 Å². The van der Waals surface area contributed by atoms with Crippen LogP contribution in [0.3, 0.4) is 0 Å². The second-order valence-electron chi connectivity index (χ2n) is 9.07. The lowest BCUT2D eigenvalue weighted by Gasteiger charge is -2.30. The molecule has 0 aromatic carbocycles. The summed E-state index contributed by atoms with van der Waals surface area (Å²) in [7, 11) is 0. The number of hydrogen-bond donors (Lipinski definition) is 2. The van der Waals surface area contributed by atoms with Crippen LogP contribution >= 0.6 is 0 Å². The summed E-state index contributed by atoms with van der Waals surface area (Å²) in [6, 6.07) is 0.106. The molecule has 1 aromatic heterocycles. The Morgan fingerprint density at radius 3 is 2.67 bits per heavy atom. The molecule has 3 atom stereocenters. The minimum Gasteiger partial charge on any atom is -0.472 e. The fourth-order valence-electron chi connectivity index (χ4n) is 3.93.